The third-order valence-electron chi connectivity index (χ3n) is 3.44. The Morgan fingerprint density at radius 3 is 2.88 bits per heavy atom. The molecule has 0 bridgehead atoms. The van der Waals surface area contributed by atoms with Crippen molar-refractivity contribution in [1.82, 2.24) is 5.43 Å². The van der Waals surface area contributed by atoms with E-state index in [9.17, 15) is 9.59 Å². The minimum atomic E-state index is -0.428. The summed E-state index contributed by atoms with van der Waals surface area (Å²) in [5.74, 6) is -0.0622. The first-order chi connectivity index (χ1) is 11.7. The van der Waals surface area contributed by atoms with E-state index in [1.807, 2.05) is 24.3 Å². The van der Waals surface area contributed by atoms with Gasteiger partial charge in [0.1, 0.15) is 5.75 Å². The Labute approximate surface area is 138 Å². The first kappa shape index (κ1) is 15.5. The minimum absolute atomic E-state index is 0.189. The summed E-state index contributed by atoms with van der Waals surface area (Å²) in [6.45, 7) is 0. The number of carbonyl (C=O) groups excluding carboxylic acids is 2. The van der Waals surface area contributed by atoms with E-state index in [-0.39, 0.29) is 11.6 Å². The molecule has 1 aliphatic rings. The quantitative estimate of drug-likeness (QED) is 0.669. The van der Waals surface area contributed by atoms with E-state index in [4.69, 9.17) is 4.74 Å². The second-order valence-electron chi connectivity index (χ2n) is 5.05. The maximum Gasteiger partial charge on any atom is 0.276 e. The van der Waals surface area contributed by atoms with Gasteiger partial charge in [-0.15, -0.1) is 0 Å². The Hall–Kier alpha value is -3.41. The second kappa shape index (κ2) is 6.78. The summed E-state index contributed by atoms with van der Waals surface area (Å²) in [5, 5.41) is 6.61. The number of methoxy groups -OCH3 is 1. The molecule has 24 heavy (non-hydrogen) atoms. The second-order valence-corrected chi connectivity index (χ2v) is 5.05. The molecule has 0 spiro atoms. The number of benzene rings is 2. The number of para-hydroxylation sites is 1. The van der Waals surface area contributed by atoms with Gasteiger partial charge in [0, 0.05) is 11.6 Å². The Balaban J connectivity index is 1.69. The molecule has 6 nitrogen and oxygen atoms in total. The van der Waals surface area contributed by atoms with Crippen LogP contribution in [0.4, 0.5) is 5.69 Å². The molecule has 0 radical (unpaired) electrons. The summed E-state index contributed by atoms with van der Waals surface area (Å²) in [5.41, 5.74) is 4.72. The number of amides is 2. The predicted octanol–water partition coefficient (Wildman–Crippen LogP) is 2.18. The topological polar surface area (TPSA) is 79.8 Å². The van der Waals surface area contributed by atoms with Crippen LogP contribution in [0.1, 0.15) is 11.1 Å². The smallest absolute Gasteiger partial charge is 0.276 e. The van der Waals surface area contributed by atoms with E-state index in [0.717, 1.165) is 5.56 Å². The van der Waals surface area contributed by atoms with Crippen molar-refractivity contribution in [1.29, 1.82) is 0 Å². The van der Waals surface area contributed by atoms with Gasteiger partial charge < -0.3 is 10.1 Å². The fraction of sp³-hybridized carbons (Fsp3) is 0.0556. The zero-order valence-electron chi connectivity index (χ0n) is 12.9. The monoisotopic (exact) mass is 321 g/mol. The highest BCUT2D eigenvalue weighted by Crippen LogP contribution is 2.22. The predicted molar refractivity (Wildman–Crippen MR) is 91.8 cm³/mol. The third-order valence-corrected chi connectivity index (χ3v) is 3.44. The number of rotatable bonds is 4. The Morgan fingerprint density at radius 2 is 2.04 bits per heavy atom. The summed E-state index contributed by atoms with van der Waals surface area (Å²) in [7, 11) is 1.58. The van der Waals surface area contributed by atoms with Crippen LogP contribution in [0.15, 0.2) is 59.7 Å². The van der Waals surface area contributed by atoms with Gasteiger partial charge in [-0.2, -0.15) is 5.10 Å². The molecule has 1 aliphatic heterocycles. The standard InChI is InChI=1S/C18H15N3O3/c1-24-13-6-4-5-12(11-13)9-10-16(22)20-21-17-14-7-2-3-8-15(14)19-18(17)23/h2-11H,1H3,(H,20,22)(H,19,21,23)/b10-9+. The van der Waals surface area contributed by atoms with Crippen LogP contribution >= 0.6 is 0 Å². The van der Waals surface area contributed by atoms with Gasteiger partial charge in [-0.1, -0.05) is 30.3 Å². The van der Waals surface area contributed by atoms with Crippen LogP contribution < -0.4 is 15.5 Å². The van der Waals surface area contributed by atoms with Crippen LogP contribution in [0.25, 0.3) is 6.08 Å². The van der Waals surface area contributed by atoms with E-state index in [0.29, 0.717) is 17.0 Å². The highest BCUT2D eigenvalue weighted by Gasteiger charge is 2.25. The summed E-state index contributed by atoms with van der Waals surface area (Å²) in [4.78, 5) is 23.7. The van der Waals surface area contributed by atoms with Crippen LogP contribution in [0.3, 0.4) is 0 Å². The van der Waals surface area contributed by atoms with Crippen LogP contribution in [-0.4, -0.2) is 24.6 Å². The summed E-state index contributed by atoms with van der Waals surface area (Å²) >= 11 is 0. The third kappa shape index (κ3) is 3.33. The molecular formula is C18H15N3O3. The average molecular weight is 321 g/mol. The lowest BCUT2D eigenvalue weighted by atomic mass is 10.1. The number of hydrogen-bond donors (Lipinski definition) is 2. The highest BCUT2D eigenvalue weighted by atomic mass is 16.5. The first-order valence-electron chi connectivity index (χ1n) is 7.28. The molecule has 0 saturated carbocycles. The van der Waals surface area contributed by atoms with E-state index >= 15 is 0 Å². The lowest BCUT2D eigenvalue weighted by Crippen LogP contribution is -2.22. The van der Waals surface area contributed by atoms with Crippen LogP contribution in [-0.2, 0) is 9.59 Å². The first-order valence-corrected chi connectivity index (χ1v) is 7.28. The number of fused-ring (bicyclic) bond motifs is 1. The van der Waals surface area contributed by atoms with Crippen molar-refractivity contribution in [2.75, 3.05) is 12.4 Å². The summed E-state index contributed by atoms with van der Waals surface area (Å²) in [6, 6.07) is 14.5. The van der Waals surface area contributed by atoms with Gasteiger partial charge >= 0.3 is 0 Å². The van der Waals surface area contributed by atoms with E-state index in [2.05, 4.69) is 15.8 Å². The Kier molecular flexibility index (Phi) is 4.38. The molecule has 1 heterocycles. The van der Waals surface area contributed by atoms with Gasteiger partial charge in [-0.05, 0) is 29.8 Å². The lowest BCUT2D eigenvalue weighted by Gasteiger charge is -2.00. The number of ether oxygens (including phenoxy) is 1. The largest absolute Gasteiger partial charge is 0.497 e. The number of hydrazone groups is 1. The molecule has 120 valence electrons. The molecule has 2 amide bonds. The number of carbonyl (C=O) groups is 2. The van der Waals surface area contributed by atoms with Gasteiger partial charge in [0.05, 0.1) is 12.8 Å². The molecule has 0 saturated heterocycles. The van der Waals surface area contributed by atoms with Crippen molar-refractivity contribution in [3.63, 3.8) is 0 Å². The van der Waals surface area contributed by atoms with Crippen molar-refractivity contribution < 1.29 is 14.3 Å². The maximum absolute atomic E-state index is 11.9. The van der Waals surface area contributed by atoms with Crippen molar-refractivity contribution in [3.05, 3.63) is 65.7 Å². The summed E-state index contributed by atoms with van der Waals surface area (Å²) < 4.78 is 5.12. The fourth-order valence-electron chi connectivity index (χ4n) is 2.28. The van der Waals surface area contributed by atoms with Crippen LogP contribution in [0, 0.1) is 0 Å². The minimum Gasteiger partial charge on any atom is -0.497 e. The molecule has 0 atom stereocenters. The number of hydrogen-bond acceptors (Lipinski definition) is 4. The molecule has 6 heteroatoms. The normalized spacial score (nSPS) is 14.5. The van der Waals surface area contributed by atoms with Gasteiger partial charge in [0.25, 0.3) is 11.8 Å². The molecule has 0 unspecified atom stereocenters. The molecule has 0 aliphatic carbocycles. The molecule has 2 aromatic carbocycles. The molecular weight excluding hydrogens is 306 g/mol. The van der Waals surface area contributed by atoms with Gasteiger partial charge in [-0.25, -0.2) is 5.43 Å². The van der Waals surface area contributed by atoms with Crippen molar-refractivity contribution >= 4 is 29.3 Å². The number of nitrogens with one attached hydrogen (secondary N) is 2. The molecule has 0 fully saturated rings. The Bertz CT molecular complexity index is 856. The van der Waals surface area contributed by atoms with E-state index in [1.54, 1.807) is 37.5 Å². The molecule has 2 N–H and O–H groups in total. The van der Waals surface area contributed by atoms with Crippen LogP contribution in [0.2, 0.25) is 0 Å². The molecule has 2 aromatic rings. The van der Waals surface area contributed by atoms with Gasteiger partial charge in [0.15, 0.2) is 5.71 Å². The van der Waals surface area contributed by atoms with Crippen LogP contribution in [0.5, 0.6) is 5.75 Å². The lowest BCUT2D eigenvalue weighted by molar-refractivity contribution is -0.116. The van der Waals surface area contributed by atoms with Gasteiger partial charge in [0.2, 0.25) is 0 Å². The van der Waals surface area contributed by atoms with Crippen molar-refractivity contribution in [2.24, 2.45) is 5.10 Å². The highest BCUT2D eigenvalue weighted by molar-refractivity contribution is 6.53. The van der Waals surface area contributed by atoms with E-state index in [1.165, 1.54) is 6.08 Å². The van der Waals surface area contributed by atoms with Crippen molar-refractivity contribution in [2.45, 2.75) is 0 Å². The zero-order valence-corrected chi connectivity index (χ0v) is 12.9. The van der Waals surface area contributed by atoms with Gasteiger partial charge in [-0.3, -0.25) is 9.59 Å². The number of nitrogens with zero attached hydrogens (tertiary/aromatic N) is 1. The SMILES string of the molecule is COc1cccc(/C=C/C(=O)N/N=C2\C(=O)Nc3ccccc32)c1. The zero-order chi connectivity index (χ0) is 16.9. The molecule has 3 rings (SSSR count). The number of anilines is 1. The Morgan fingerprint density at radius 1 is 1.21 bits per heavy atom. The average Bonchev–Trinajstić information content (AvgIpc) is 2.93. The maximum atomic E-state index is 11.9. The summed E-state index contributed by atoms with van der Waals surface area (Å²) in [6.07, 6.45) is 2.98. The van der Waals surface area contributed by atoms with E-state index < -0.39 is 5.91 Å². The molecule has 0 aromatic heterocycles. The fourth-order valence-corrected chi connectivity index (χ4v) is 2.28. The van der Waals surface area contributed by atoms with Crippen molar-refractivity contribution in [3.8, 4) is 5.75 Å².